The number of anilines is 1. The van der Waals surface area contributed by atoms with E-state index in [9.17, 15) is 10.1 Å². The lowest BCUT2D eigenvalue weighted by Gasteiger charge is -2.24. The third kappa shape index (κ3) is 1.97. The molecular weight excluding hydrogens is 270 g/mol. The zero-order valence-electron chi connectivity index (χ0n) is 9.55. The summed E-state index contributed by atoms with van der Waals surface area (Å²) in [5.41, 5.74) is 0.608. The van der Waals surface area contributed by atoms with E-state index in [-0.39, 0.29) is 17.8 Å². The van der Waals surface area contributed by atoms with Crippen LogP contribution in [0.3, 0.4) is 0 Å². The second kappa shape index (κ2) is 4.43. The second-order valence-electron chi connectivity index (χ2n) is 4.04. The van der Waals surface area contributed by atoms with Crippen LogP contribution in [0.15, 0.2) is 39.4 Å². The van der Waals surface area contributed by atoms with Gasteiger partial charge >= 0.3 is 0 Å². The molecule has 0 N–H and O–H groups in total. The summed E-state index contributed by atoms with van der Waals surface area (Å²) in [6, 6.07) is 6.23. The van der Waals surface area contributed by atoms with Crippen LogP contribution in [0.25, 0.3) is 0 Å². The molecule has 2 atom stereocenters. The number of halogens is 1. The molecule has 1 aromatic carbocycles. The van der Waals surface area contributed by atoms with Gasteiger partial charge in [0.2, 0.25) is 0 Å². The predicted octanol–water partition coefficient (Wildman–Crippen LogP) is 2.02. The Kier molecular flexibility index (Phi) is 2.75. The van der Waals surface area contributed by atoms with Crippen molar-refractivity contribution in [3.05, 3.63) is 34.4 Å². The summed E-state index contributed by atoms with van der Waals surface area (Å²) < 4.78 is 0. The maximum Gasteiger partial charge on any atom is 0.271 e. The lowest BCUT2D eigenvalue weighted by molar-refractivity contribution is -0.384. The largest absolute Gasteiger partial charge is 0.271 e. The Labute approximate surface area is 113 Å². The zero-order valence-corrected chi connectivity index (χ0v) is 10.3. The highest BCUT2D eigenvalue weighted by molar-refractivity contribution is 6.68. The average molecular weight is 278 g/mol. The van der Waals surface area contributed by atoms with Crippen molar-refractivity contribution in [1.82, 2.24) is 0 Å². The number of nitro benzene ring substituents is 1. The van der Waals surface area contributed by atoms with Gasteiger partial charge in [-0.25, -0.2) is 15.0 Å². The van der Waals surface area contributed by atoms with Gasteiger partial charge in [-0.1, -0.05) is 17.7 Å². The summed E-state index contributed by atoms with van der Waals surface area (Å²) in [5.74, 6) is -0.203. The topological polar surface area (TPSA) is 83.5 Å². The summed E-state index contributed by atoms with van der Waals surface area (Å²) in [7, 11) is 0. The molecule has 0 saturated heterocycles. The standard InChI is InChI=1S/C11H8ClN5O2/c12-10-9-5-15-16(11(9)14-6-13-10)7-2-1-3-8(4-7)17(18)19/h1-6,9,11H. The van der Waals surface area contributed by atoms with Gasteiger partial charge in [-0.05, 0) is 6.07 Å². The van der Waals surface area contributed by atoms with Gasteiger partial charge in [0.1, 0.15) is 11.5 Å². The van der Waals surface area contributed by atoms with Crippen molar-refractivity contribution in [2.45, 2.75) is 6.17 Å². The predicted molar refractivity (Wildman–Crippen MR) is 73.1 cm³/mol. The number of hydrogen-bond acceptors (Lipinski definition) is 6. The molecule has 2 unspecified atom stereocenters. The number of hydrazone groups is 1. The highest BCUT2D eigenvalue weighted by Gasteiger charge is 2.36. The Balaban J connectivity index is 1.94. The number of aliphatic imine (C=N–C) groups is 2. The molecule has 0 bridgehead atoms. The van der Waals surface area contributed by atoms with Crippen LogP contribution >= 0.6 is 11.6 Å². The minimum atomic E-state index is -0.445. The molecule has 0 aromatic heterocycles. The van der Waals surface area contributed by atoms with E-state index in [0.29, 0.717) is 10.9 Å². The molecule has 7 nitrogen and oxygen atoms in total. The minimum absolute atomic E-state index is 0.00991. The lowest BCUT2D eigenvalue weighted by atomic mass is 10.1. The van der Waals surface area contributed by atoms with E-state index in [4.69, 9.17) is 11.6 Å². The highest BCUT2D eigenvalue weighted by Crippen LogP contribution is 2.31. The molecule has 19 heavy (non-hydrogen) atoms. The summed E-state index contributed by atoms with van der Waals surface area (Å²) in [6.07, 6.45) is 2.70. The number of non-ortho nitro benzene ring substituents is 1. The molecule has 3 rings (SSSR count). The zero-order chi connectivity index (χ0) is 13.4. The van der Waals surface area contributed by atoms with E-state index in [1.54, 1.807) is 23.4 Å². The van der Waals surface area contributed by atoms with Crippen LogP contribution in [0.4, 0.5) is 11.4 Å². The first-order valence-electron chi connectivity index (χ1n) is 5.49. The summed E-state index contributed by atoms with van der Waals surface area (Å²) in [5, 5.41) is 17.0. The van der Waals surface area contributed by atoms with Crippen LogP contribution in [0.2, 0.25) is 0 Å². The molecular formula is C11H8ClN5O2. The van der Waals surface area contributed by atoms with Gasteiger partial charge in [0.25, 0.3) is 5.69 Å². The molecule has 2 heterocycles. The Morgan fingerprint density at radius 2 is 2.26 bits per heavy atom. The summed E-state index contributed by atoms with van der Waals surface area (Å²) >= 11 is 5.98. The van der Waals surface area contributed by atoms with Crippen LogP contribution in [0.1, 0.15) is 0 Å². The molecule has 2 aliphatic heterocycles. The van der Waals surface area contributed by atoms with Crippen molar-refractivity contribution in [3.63, 3.8) is 0 Å². The van der Waals surface area contributed by atoms with Crippen molar-refractivity contribution in [1.29, 1.82) is 0 Å². The van der Waals surface area contributed by atoms with Gasteiger partial charge in [0.05, 0.1) is 16.5 Å². The smallest absolute Gasteiger partial charge is 0.258 e. The normalized spacial score (nSPS) is 24.3. The van der Waals surface area contributed by atoms with E-state index in [2.05, 4.69) is 15.1 Å². The molecule has 0 amide bonds. The fourth-order valence-corrected chi connectivity index (χ4v) is 2.21. The first kappa shape index (κ1) is 11.8. The summed E-state index contributed by atoms with van der Waals surface area (Å²) in [4.78, 5) is 18.5. The monoisotopic (exact) mass is 277 g/mol. The number of nitro groups is 1. The van der Waals surface area contributed by atoms with E-state index in [0.717, 1.165) is 0 Å². The molecule has 0 saturated carbocycles. The second-order valence-corrected chi connectivity index (χ2v) is 4.43. The molecule has 1 aromatic rings. The van der Waals surface area contributed by atoms with Crippen LogP contribution in [0.5, 0.6) is 0 Å². The van der Waals surface area contributed by atoms with Crippen LogP contribution in [0, 0.1) is 16.0 Å². The van der Waals surface area contributed by atoms with Crippen molar-refractivity contribution in [2.75, 3.05) is 5.01 Å². The molecule has 8 heteroatoms. The van der Waals surface area contributed by atoms with Gasteiger partial charge < -0.3 is 0 Å². The molecule has 96 valence electrons. The Hall–Kier alpha value is -2.28. The van der Waals surface area contributed by atoms with Crippen LogP contribution in [-0.2, 0) is 0 Å². The Morgan fingerprint density at radius 3 is 3.05 bits per heavy atom. The van der Waals surface area contributed by atoms with E-state index in [1.165, 1.54) is 18.5 Å². The van der Waals surface area contributed by atoms with Crippen molar-refractivity contribution in [2.24, 2.45) is 21.0 Å². The number of rotatable bonds is 2. The third-order valence-electron chi connectivity index (χ3n) is 2.90. The first-order chi connectivity index (χ1) is 9.16. The number of nitrogens with zero attached hydrogens (tertiary/aromatic N) is 5. The first-order valence-corrected chi connectivity index (χ1v) is 5.87. The maximum absolute atomic E-state index is 10.8. The molecule has 0 radical (unpaired) electrons. The summed E-state index contributed by atoms with van der Waals surface area (Å²) in [6.45, 7) is 0. The van der Waals surface area contributed by atoms with Crippen LogP contribution < -0.4 is 5.01 Å². The Bertz CT molecular complexity index is 627. The Morgan fingerprint density at radius 1 is 1.42 bits per heavy atom. The number of hydrogen-bond donors (Lipinski definition) is 0. The van der Waals surface area contributed by atoms with Gasteiger partial charge in [-0.15, -0.1) is 0 Å². The average Bonchev–Trinajstić information content (AvgIpc) is 2.84. The SMILES string of the molecule is O=[N+]([O-])c1cccc(N2N=CC3C(Cl)=NC=NC32)c1. The highest BCUT2D eigenvalue weighted by atomic mass is 35.5. The number of fused-ring (bicyclic) bond motifs is 1. The molecule has 0 spiro atoms. The lowest BCUT2D eigenvalue weighted by Crippen LogP contribution is -2.35. The molecule has 0 fully saturated rings. The van der Waals surface area contributed by atoms with Crippen molar-refractivity contribution < 1.29 is 4.92 Å². The number of benzene rings is 1. The van der Waals surface area contributed by atoms with E-state index >= 15 is 0 Å². The molecule has 0 aliphatic carbocycles. The quantitative estimate of drug-likeness (QED) is 0.612. The van der Waals surface area contributed by atoms with Gasteiger partial charge in [-0.3, -0.25) is 10.1 Å². The van der Waals surface area contributed by atoms with Gasteiger partial charge in [0.15, 0.2) is 6.17 Å². The maximum atomic E-state index is 10.8. The van der Waals surface area contributed by atoms with Crippen molar-refractivity contribution in [3.8, 4) is 0 Å². The van der Waals surface area contributed by atoms with Gasteiger partial charge in [0, 0.05) is 18.3 Å². The fourth-order valence-electron chi connectivity index (χ4n) is 1.99. The van der Waals surface area contributed by atoms with Crippen molar-refractivity contribution >= 4 is 40.7 Å². The van der Waals surface area contributed by atoms with Gasteiger partial charge in [-0.2, -0.15) is 5.10 Å². The third-order valence-corrected chi connectivity index (χ3v) is 3.25. The van der Waals surface area contributed by atoms with E-state index < -0.39 is 4.92 Å². The molecule has 2 aliphatic rings. The minimum Gasteiger partial charge on any atom is -0.258 e. The fraction of sp³-hybridized carbons (Fsp3) is 0.182. The van der Waals surface area contributed by atoms with E-state index in [1.807, 2.05) is 0 Å². The van der Waals surface area contributed by atoms with Crippen LogP contribution in [-0.4, -0.2) is 28.8 Å².